The second-order valence-corrected chi connectivity index (χ2v) is 6.92. The minimum absolute atomic E-state index is 0.0466. The topological polar surface area (TPSA) is 84.2 Å². The van der Waals surface area contributed by atoms with Crippen LogP contribution in [0.1, 0.15) is 50.3 Å². The number of carbonyl (C=O) groups is 1. The van der Waals surface area contributed by atoms with Crippen molar-refractivity contribution in [1.82, 2.24) is 25.3 Å². The van der Waals surface area contributed by atoms with Gasteiger partial charge in [0, 0.05) is 37.4 Å². The Balaban J connectivity index is 1.36. The molecule has 1 atom stereocenters. The number of carbonyl (C=O) groups excluding carboxylic acids is 1. The fourth-order valence-electron chi connectivity index (χ4n) is 3.68. The van der Waals surface area contributed by atoms with Gasteiger partial charge in [-0.15, -0.1) is 0 Å². The largest absolute Gasteiger partial charge is 0.335 e. The first-order chi connectivity index (χ1) is 12.3. The van der Waals surface area contributed by atoms with Crippen LogP contribution in [0.3, 0.4) is 0 Å². The SMILES string of the molecule is O=C(NC1CCCCC1)N1CCC(c2noc(-c3cccnc3)n2)C1. The second-order valence-electron chi connectivity index (χ2n) is 6.92. The predicted molar refractivity (Wildman–Crippen MR) is 91.9 cm³/mol. The van der Waals surface area contributed by atoms with Crippen LogP contribution in [0.5, 0.6) is 0 Å². The molecule has 1 aliphatic heterocycles. The Bertz CT molecular complexity index is 711. The third-order valence-electron chi connectivity index (χ3n) is 5.12. The van der Waals surface area contributed by atoms with E-state index < -0.39 is 0 Å². The molecule has 0 radical (unpaired) electrons. The molecule has 7 nitrogen and oxygen atoms in total. The van der Waals surface area contributed by atoms with Gasteiger partial charge < -0.3 is 14.7 Å². The van der Waals surface area contributed by atoms with Gasteiger partial charge in [-0.3, -0.25) is 4.98 Å². The Morgan fingerprint density at radius 2 is 2.12 bits per heavy atom. The summed E-state index contributed by atoms with van der Waals surface area (Å²) in [7, 11) is 0. The van der Waals surface area contributed by atoms with E-state index in [-0.39, 0.29) is 11.9 Å². The van der Waals surface area contributed by atoms with Crippen LogP contribution in [0.25, 0.3) is 11.5 Å². The van der Waals surface area contributed by atoms with Crippen molar-refractivity contribution in [1.29, 1.82) is 0 Å². The number of nitrogens with zero attached hydrogens (tertiary/aromatic N) is 4. The van der Waals surface area contributed by atoms with Crippen LogP contribution in [0.15, 0.2) is 29.0 Å². The lowest BCUT2D eigenvalue weighted by atomic mass is 9.96. The average Bonchev–Trinajstić information content (AvgIpc) is 3.33. The molecule has 7 heteroatoms. The second kappa shape index (κ2) is 7.21. The monoisotopic (exact) mass is 341 g/mol. The standard InChI is InChI=1S/C18H23N5O2/c24-18(20-15-6-2-1-3-7-15)23-10-8-14(12-23)16-21-17(25-22-16)13-5-4-9-19-11-13/h4-5,9,11,14-15H,1-3,6-8,10,12H2,(H,20,24). The van der Waals surface area contributed by atoms with E-state index in [1.807, 2.05) is 17.0 Å². The van der Waals surface area contributed by atoms with E-state index in [0.717, 1.165) is 31.4 Å². The van der Waals surface area contributed by atoms with Gasteiger partial charge in [0.2, 0.25) is 0 Å². The fourth-order valence-corrected chi connectivity index (χ4v) is 3.68. The minimum Gasteiger partial charge on any atom is -0.335 e. The van der Waals surface area contributed by atoms with E-state index in [9.17, 15) is 4.79 Å². The van der Waals surface area contributed by atoms with Crippen LogP contribution in [0.2, 0.25) is 0 Å². The van der Waals surface area contributed by atoms with E-state index in [0.29, 0.717) is 24.3 Å². The maximum Gasteiger partial charge on any atom is 0.317 e. The molecule has 2 fully saturated rings. The van der Waals surface area contributed by atoms with Gasteiger partial charge in [-0.25, -0.2) is 4.79 Å². The van der Waals surface area contributed by atoms with Gasteiger partial charge in [0.05, 0.1) is 5.56 Å². The number of hydrogen-bond donors (Lipinski definition) is 1. The summed E-state index contributed by atoms with van der Waals surface area (Å²) in [6, 6.07) is 4.11. The zero-order chi connectivity index (χ0) is 17.1. The van der Waals surface area contributed by atoms with Gasteiger partial charge in [0.25, 0.3) is 5.89 Å². The third-order valence-corrected chi connectivity index (χ3v) is 5.12. The molecule has 1 unspecified atom stereocenters. The molecular weight excluding hydrogens is 318 g/mol. The van der Waals surface area contributed by atoms with Gasteiger partial charge in [0.1, 0.15) is 0 Å². The molecule has 0 aromatic carbocycles. The quantitative estimate of drug-likeness (QED) is 0.928. The number of pyridine rings is 1. The molecule has 3 heterocycles. The molecule has 4 rings (SSSR count). The number of hydrogen-bond acceptors (Lipinski definition) is 5. The minimum atomic E-state index is 0.0466. The molecule has 1 N–H and O–H groups in total. The molecule has 1 saturated heterocycles. The highest BCUT2D eigenvalue weighted by Crippen LogP contribution is 2.27. The number of nitrogens with one attached hydrogen (secondary N) is 1. The Morgan fingerprint density at radius 1 is 1.24 bits per heavy atom. The average molecular weight is 341 g/mol. The molecule has 1 aliphatic carbocycles. The van der Waals surface area contributed by atoms with Crippen LogP contribution in [0.4, 0.5) is 4.79 Å². The smallest absolute Gasteiger partial charge is 0.317 e. The number of likely N-dealkylation sites (tertiary alicyclic amines) is 1. The molecule has 2 amide bonds. The Morgan fingerprint density at radius 3 is 2.92 bits per heavy atom. The molecule has 0 bridgehead atoms. The van der Waals surface area contributed by atoms with Gasteiger partial charge in [0.15, 0.2) is 5.82 Å². The summed E-state index contributed by atoms with van der Waals surface area (Å²) < 4.78 is 5.36. The first-order valence-corrected chi connectivity index (χ1v) is 9.09. The first kappa shape index (κ1) is 16.1. The molecule has 132 valence electrons. The van der Waals surface area contributed by atoms with E-state index in [1.54, 1.807) is 12.4 Å². The number of aromatic nitrogens is 3. The van der Waals surface area contributed by atoms with Crippen molar-refractivity contribution in [3.05, 3.63) is 30.4 Å². The van der Waals surface area contributed by atoms with Gasteiger partial charge >= 0.3 is 6.03 Å². The normalized spacial score (nSPS) is 21.4. The highest BCUT2D eigenvalue weighted by molar-refractivity contribution is 5.75. The number of rotatable bonds is 3. The van der Waals surface area contributed by atoms with Crippen LogP contribution in [0, 0.1) is 0 Å². The summed E-state index contributed by atoms with van der Waals surface area (Å²) in [6.45, 7) is 1.38. The molecule has 2 aromatic rings. The molecule has 0 spiro atoms. The zero-order valence-electron chi connectivity index (χ0n) is 14.2. The Labute approximate surface area is 146 Å². The lowest BCUT2D eigenvalue weighted by Crippen LogP contribution is -2.44. The molecule has 2 aromatic heterocycles. The lowest BCUT2D eigenvalue weighted by Gasteiger charge is -2.26. The maximum atomic E-state index is 12.5. The van der Waals surface area contributed by atoms with E-state index >= 15 is 0 Å². The Hall–Kier alpha value is -2.44. The zero-order valence-corrected chi connectivity index (χ0v) is 14.2. The van der Waals surface area contributed by atoms with Gasteiger partial charge in [-0.05, 0) is 31.4 Å². The van der Waals surface area contributed by atoms with Crippen LogP contribution < -0.4 is 5.32 Å². The summed E-state index contributed by atoms with van der Waals surface area (Å²) in [5.74, 6) is 1.28. The van der Waals surface area contributed by atoms with Crippen molar-refractivity contribution in [2.45, 2.75) is 50.5 Å². The summed E-state index contributed by atoms with van der Waals surface area (Å²) in [6.07, 6.45) is 10.2. The maximum absolute atomic E-state index is 12.5. The summed E-state index contributed by atoms with van der Waals surface area (Å²) in [5, 5.41) is 7.29. The van der Waals surface area contributed by atoms with E-state index in [4.69, 9.17) is 4.52 Å². The van der Waals surface area contributed by atoms with E-state index in [1.165, 1.54) is 19.3 Å². The van der Waals surface area contributed by atoms with Crippen molar-refractivity contribution >= 4 is 6.03 Å². The lowest BCUT2D eigenvalue weighted by molar-refractivity contribution is 0.200. The van der Waals surface area contributed by atoms with Crippen LogP contribution in [-0.2, 0) is 0 Å². The highest BCUT2D eigenvalue weighted by Gasteiger charge is 2.31. The molecular formula is C18H23N5O2. The Kier molecular flexibility index (Phi) is 4.63. The van der Waals surface area contributed by atoms with Crippen molar-refractivity contribution < 1.29 is 9.32 Å². The highest BCUT2D eigenvalue weighted by atomic mass is 16.5. The van der Waals surface area contributed by atoms with Gasteiger partial charge in [-0.2, -0.15) is 4.98 Å². The van der Waals surface area contributed by atoms with E-state index in [2.05, 4.69) is 20.4 Å². The first-order valence-electron chi connectivity index (χ1n) is 9.09. The number of urea groups is 1. The van der Waals surface area contributed by atoms with Crippen molar-refractivity contribution in [3.8, 4) is 11.5 Å². The predicted octanol–water partition coefficient (Wildman–Crippen LogP) is 2.96. The summed E-state index contributed by atoms with van der Waals surface area (Å²) >= 11 is 0. The van der Waals surface area contributed by atoms with Crippen LogP contribution >= 0.6 is 0 Å². The summed E-state index contributed by atoms with van der Waals surface area (Å²) in [5.41, 5.74) is 0.811. The number of amides is 2. The van der Waals surface area contributed by atoms with Crippen molar-refractivity contribution in [2.24, 2.45) is 0 Å². The molecule has 25 heavy (non-hydrogen) atoms. The molecule has 1 saturated carbocycles. The summed E-state index contributed by atoms with van der Waals surface area (Å²) in [4.78, 5) is 22.9. The third kappa shape index (κ3) is 3.65. The van der Waals surface area contributed by atoms with Crippen LogP contribution in [-0.4, -0.2) is 45.2 Å². The van der Waals surface area contributed by atoms with Crippen molar-refractivity contribution in [3.63, 3.8) is 0 Å². The fraction of sp³-hybridized carbons (Fsp3) is 0.556. The van der Waals surface area contributed by atoms with Gasteiger partial charge in [-0.1, -0.05) is 24.4 Å². The van der Waals surface area contributed by atoms with Crippen molar-refractivity contribution in [2.75, 3.05) is 13.1 Å². The molecule has 2 aliphatic rings.